The maximum absolute atomic E-state index is 14.3. The topological polar surface area (TPSA) is 83.1 Å². The van der Waals surface area contributed by atoms with Crippen molar-refractivity contribution >= 4 is 23.4 Å². The Labute approximate surface area is 165 Å². The minimum absolute atomic E-state index is 0.00644. The molecule has 156 valence electrons. The number of carboxylic acid groups (broad SMARTS) is 1. The molecule has 4 rings (SSSR count). The van der Waals surface area contributed by atoms with E-state index in [1.165, 1.54) is 18.3 Å². The number of piperidine rings is 1. The fraction of sp³-hybridized carbons (Fsp3) is 0.222. The molecule has 30 heavy (non-hydrogen) atoms. The van der Waals surface area contributed by atoms with E-state index in [1.54, 1.807) is 0 Å². The van der Waals surface area contributed by atoms with Gasteiger partial charge in [0.1, 0.15) is 0 Å². The van der Waals surface area contributed by atoms with Gasteiger partial charge < -0.3 is 10.0 Å². The van der Waals surface area contributed by atoms with Gasteiger partial charge in [0, 0.05) is 30.3 Å². The molecule has 7 nitrogen and oxygen atoms in total. The number of carbonyl (C=O) groups is 1. The molecule has 1 aliphatic rings. The van der Waals surface area contributed by atoms with Gasteiger partial charge in [-0.25, -0.2) is 27.5 Å². The molecule has 1 amide bonds. The normalized spacial score (nSPS) is 17.6. The number of hydrogen-bond donors (Lipinski definition) is 1. The van der Waals surface area contributed by atoms with Crippen molar-refractivity contribution in [1.82, 2.24) is 19.5 Å². The average Bonchev–Trinajstić information content (AvgIpc) is 3.10. The Morgan fingerprint density at radius 1 is 1.13 bits per heavy atom. The summed E-state index contributed by atoms with van der Waals surface area (Å²) in [5.41, 5.74) is -0.823. The summed E-state index contributed by atoms with van der Waals surface area (Å²) >= 11 is 0. The van der Waals surface area contributed by atoms with Crippen LogP contribution in [-0.4, -0.2) is 55.4 Å². The van der Waals surface area contributed by atoms with Gasteiger partial charge in [0.25, 0.3) is 5.95 Å². The van der Waals surface area contributed by atoms with Crippen molar-refractivity contribution in [3.63, 3.8) is 0 Å². The lowest BCUT2D eigenvalue weighted by molar-refractivity contribution is 0.0202. The van der Waals surface area contributed by atoms with Crippen LogP contribution in [0.15, 0.2) is 35.5 Å². The minimum atomic E-state index is -3.51. The summed E-state index contributed by atoms with van der Waals surface area (Å²) < 4.78 is 70.7. The highest BCUT2D eigenvalue weighted by Gasteiger charge is 2.43. The van der Waals surface area contributed by atoms with E-state index in [9.17, 15) is 26.7 Å². The summed E-state index contributed by atoms with van der Waals surface area (Å²) in [7, 11) is 0. The number of halogens is 5. The molecule has 2 aromatic heterocycles. The number of hydrogen-bond acceptors (Lipinski definition) is 4. The van der Waals surface area contributed by atoms with Crippen molar-refractivity contribution in [2.24, 2.45) is 4.99 Å². The molecule has 1 fully saturated rings. The molecule has 0 bridgehead atoms. The molecular formula is C18H12F5N5O2. The quantitative estimate of drug-likeness (QED) is 0.499. The number of amides is 1. The first-order chi connectivity index (χ1) is 14.2. The van der Waals surface area contributed by atoms with Crippen molar-refractivity contribution in [3.8, 4) is 11.1 Å². The highest BCUT2D eigenvalue weighted by Crippen LogP contribution is 2.30. The Bertz CT molecular complexity index is 1190. The van der Waals surface area contributed by atoms with E-state index in [4.69, 9.17) is 5.11 Å². The number of likely N-dealkylation sites (tertiary alicyclic amines) is 1. The van der Waals surface area contributed by atoms with Gasteiger partial charge in [-0.2, -0.15) is 13.8 Å². The number of nitrogens with zero attached hydrogens (tertiary/aromatic N) is 5. The second-order valence-corrected chi connectivity index (χ2v) is 6.54. The second-order valence-electron chi connectivity index (χ2n) is 6.54. The van der Waals surface area contributed by atoms with Gasteiger partial charge in [-0.1, -0.05) is 0 Å². The number of benzene rings is 1. The summed E-state index contributed by atoms with van der Waals surface area (Å²) in [6.07, 6.45) is -0.379. The standard InChI is InChI=1S/C18H12F5N5O2/c19-11-4-3-9(13(20)14(11)21)10-2-1-6-28-15(10)25-16(26-28)24-12-5-7-27(17(29)30)8-18(12,22)23/h1-4,6H,5,7-8H2,(H,29,30). The van der Waals surface area contributed by atoms with E-state index < -0.39 is 41.7 Å². The van der Waals surface area contributed by atoms with E-state index in [1.807, 2.05) is 0 Å². The number of pyridine rings is 1. The lowest BCUT2D eigenvalue weighted by atomic mass is 10.1. The van der Waals surface area contributed by atoms with Crippen LogP contribution in [-0.2, 0) is 0 Å². The first-order valence-corrected chi connectivity index (χ1v) is 8.60. The fourth-order valence-electron chi connectivity index (χ4n) is 3.14. The monoisotopic (exact) mass is 425 g/mol. The van der Waals surface area contributed by atoms with Gasteiger partial charge >= 0.3 is 12.0 Å². The first-order valence-electron chi connectivity index (χ1n) is 8.60. The van der Waals surface area contributed by atoms with Crippen LogP contribution in [0.2, 0.25) is 0 Å². The van der Waals surface area contributed by atoms with E-state index in [-0.39, 0.29) is 35.7 Å². The van der Waals surface area contributed by atoms with Crippen molar-refractivity contribution in [2.75, 3.05) is 13.1 Å². The van der Waals surface area contributed by atoms with Crippen LogP contribution in [0, 0.1) is 17.5 Å². The first kappa shape index (κ1) is 19.7. The molecule has 0 unspecified atom stereocenters. The number of aromatic nitrogens is 3. The zero-order chi connectivity index (χ0) is 21.6. The summed E-state index contributed by atoms with van der Waals surface area (Å²) in [6, 6.07) is 4.61. The van der Waals surface area contributed by atoms with E-state index in [0.717, 1.165) is 16.6 Å². The summed E-state index contributed by atoms with van der Waals surface area (Å²) in [5, 5.41) is 12.8. The van der Waals surface area contributed by atoms with Crippen LogP contribution < -0.4 is 0 Å². The Hall–Kier alpha value is -3.57. The largest absolute Gasteiger partial charge is 0.465 e. The molecule has 1 aromatic carbocycles. The van der Waals surface area contributed by atoms with Crippen LogP contribution in [0.5, 0.6) is 0 Å². The van der Waals surface area contributed by atoms with Crippen molar-refractivity contribution in [1.29, 1.82) is 0 Å². The molecular weight excluding hydrogens is 413 g/mol. The Morgan fingerprint density at radius 2 is 1.90 bits per heavy atom. The fourth-order valence-corrected chi connectivity index (χ4v) is 3.14. The molecule has 3 heterocycles. The molecule has 0 spiro atoms. The van der Waals surface area contributed by atoms with Crippen LogP contribution >= 0.6 is 0 Å². The summed E-state index contributed by atoms with van der Waals surface area (Å²) in [4.78, 5) is 19.3. The number of fused-ring (bicyclic) bond motifs is 1. The summed E-state index contributed by atoms with van der Waals surface area (Å²) in [6.45, 7) is -1.21. The van der Waals surface area contributed by atoms with Crippen LogP contribution in [0.1, 0.15) is 6.42 Å². The van der Waals surface area contributed by atoms with Crippen molar-refractivity contribution in [2.45, 2.75) is 12.3 Å². The lowest BCUT2D eigenvalue weighted by Crippen LogP contribution is -2.50. The van der Waals surface area contributed by atoms with Crippen molar-refractivity contribution in [3.05, 3.63) is 47.9 Å². The Kier molecular flexibility index (Phi) is 4.63. The minimum Gasteiger partial charge on any atom is -0.465 e. The zero-order valence-corrected chi connectivity index (χ0v) is 15.0. The Morgan fingerprint density at radius 3 is 2.60 bits per heavy atom. The van der Waals surface area contributed by atoms with Crippen LogP contribution in [0.3, 0.4) is 0 Å². The van der Waals surface area contributed by atoms with E-state index in [0.29, 0.717) is 4.90 Å². The SMILES string of the molecule is O=C(O)N1CCC(=Nc2nc3c(-c4ccc(F)c(F)c4F)cccn3n2)C(F)(F)C1. The van der Waals surface area contributed by atoms with Crippen molar-refractivity contribution < 1.29 is 31.9 Å². The molecule has 1 N–H and O–H groups in total. The van der Waals surface area contributed by atoms with Gasteiger partial charge in [0.05, 0.1) is 12.3 Å². The van der Waals surface area contributed by atoms with Gasteiger partial charge in [-0.15, -0.1) is 5.10 Å². The smallest absolute Gasteiger partial charge is 0.407 e. The average molecular weight is 425 g/mol. The number of alkyl halides is 2. The molecule has 1 saturated heterocycles. The number of aliphatic imine (C=N–C) groups is 1. The second kappa shape index (κ2) is 7.04. The molecule has 1 aliphatic heterocycles. The predicted octanol–water partition coefficient (Wildman–Crippen LogP) is 3.91. The van der Waals surface area contributed by atoms with Gasteiger partial charge in [0.15, 0.2) is 23.1 Å². The van der Waals surface area contributed by atoms with E-state index >= 15 is 0 Å². The van der Waals surface area contributed by atoms with Gasteiger partial charge in [0.2, 0.25) is 0 Å². The third kappa shape index (κ3) is 3.33. The highest BCUT2D eigenvalue weighted by atomic mass is 19.3. The molecule has 12 heteroatoms. The van der Waals surface area contributed by atoms with Crippen LogP contribution in [0.25, 0.3) is 16.8 Å². The molecule has 0 aliphatic carbocycles. The third-order valence-corrected chi connectivity index (χ3v) is 4.61. The predicted molar refractivity (Wildman–Crippen MR) is 94.6 cm³/mol. The van der Waals surface area contributed by atoms with Gasteiger partial charge in [-0.3, -0.25) is 0 Å². The highest BCUT2D eigenvalue weighted by molar-refractivity contribution is 5.94. The number of rotatable bonds is 2. The zero-order valence-electron chi connectivity index (χ0n) is 15.0. The third-order valence-electron chi connectivity index (χ3n) is 4.61. The van der Waals surface area contributed by atoms with E-state index in [2.05, 4.69) is 15.1 Å². The van der Waals surface area contributed by atoms with Crippen LogP contribution in [0.4, 0.5) is 32.7 Å². The Balaban J connectivity index is 1.76. The van der Waals surface area contributed by atoms with Gasteiger partial charge in [-0.05, 0) is 24.3 Å². The lowest BCUT2D eigenvalue weighted by Gasteiger charge is -2.31. The maximum Gasteiger partial charge on any atom is 0.407 e. The summed E-state index contributed by atoms with van der Waals surface area (Å²) in [5.74, 6) is -8.30. The molecule has 0 atom stereocenters. The maximum atomic E-state index is 14.3. The molecule has 3 aromatic rings. The molecule has 0 radical (unpaired) electrons. The molecule has 0 saturated carbocycles.